The highest BCUT2D eigenvalue weighted by Crippen LogP contribution is 2.26. The number of aromatic nitrogens is 2. The molecule has 1 aliphatic heterocycles. The van der Waals surface area contributed by atoms with Crippen LogP contribution in [0, 0.1) is 0 Å². The number of halogens is 1. The Bertz CT molecular complexity index is 294. The van der Waals surface area contributed by atoms with Gasteiger partial charge in [0.25, 0.3) is 0 Å². The van der Waals surface area contributed by atoms with Gasteiger partial charge in [-0.25, -0.2) is 4.68 Å². The van der Waals surface area contributed by atoms with Crippen LogP contribution in [0.15, 0.2) is 6.20 Å². The summed E-state index contributed by atoms with van der Waals surface area (Å²) in [7, 11) is 0. The maximum atomic E-state index is 5.81. The van der Waals surface area contributed by atoms with Crippen LogP contribution in [0.5, 0.6) is 0 Å². The third-order valence-electron chi connectivity index (χ3n) is 2.32. The van der Waals surface area contributed by atoms with Crippen LogP contribution in [0.25, 0.3) is 0 Å². The quantitative estimate of drug-likeness (QED) is 0.749. The van der Waals surface area contributed by atoms with Crippen LogP contribution in [-0.4, -0.2) is 23.0 Å². The van der Waals surface area contributed by atoms with Crippen molar-refractivity contribution in [2.24, 2.45) is 0 Å². The Kier molecular flexibility index (Phi) is 2.42. The standard InChI is InChI=1S/C8H12ClN3O/c9-7-5-11-12(8(7)10)6-1-3-13-4-2-6/h5-6H,1-4,10H2. The Labute approximate surface area is 81.6 Å². The van der Waals surface area contributed by atoms with E-state index in [0.29, 0.717) is 16.9 Å². The van der Waals surface area contributed by atoms with Gasteiger partial charge in [-0.2, -0.15) is 5.10 Å². The Morgan fingerprint density at radius 1 is 1.54 bits per heavy atom. The van der Waals surface area contributed by atoms with Gasteiger partial charge in [0.15, 0.2) is 0 Å². The molecule has 5 heteroatoms. The first kappa shape index (κ1) is 8.84. The van der Waals surface area contributed by atoms with Gasteiger partial charge in [-0.05, 0) is 12.8 Å². The SMILES string of the molecule is Nc1c(Cl)cnn1C1CCOCC1. The number of anilines is 1. The second-order valence-corrected chi connectivity index (χ2v) is 3.57. The summed E-state index contributed by atoms with van der Waals surface area (Å²) < 4.78 is 7.05. The molecule has 0 aliphatic carbocycles. The molecule has 1 aliphatic rings. The summed E-state index contributed by atoms with van der Waals surface area (Å²) in [6.45, 7) is 1.56. The summed E-state index contributed by atoms with van der Waals surface area (Å²) in [4.78, 5) is 0. The Hall–Kier alpha value is -0.740. The average Bonchev–Trinajstić information content (AvgIpc) is 2.49. The third kappa shape index (κ3) is 1.64. The average molecular weight is 202 g/mol. The molecule has 0 radical (unpaired) electrons. The molecule has 0 spiro atoms. The van der Waals surface area contributed by atoms with E-state index in [1.54, 1.807) is 10.9 Å². The molecule has 1 saturated heterocycles. The molecule has 0 bridgehead atoms. The third-order valence-corrected chi connectivity index (χ3v) is 2.61. The lowest BCUT2D eigenvalue weighted by Gasteiger charge is -2.23. The summed E-state index contributed by atoms with van der Waals surface area (Å²) >= 11 is 5.81. The Balaban J connectivity index is 2.18. The second kappa shape index (κ2) is 3.55. The molecule has 2 N–H and O–H groups in total. The zero-order chi connectivity index (χ0) is 9.26. The summed E-state index contributed by atoms with van der Waals surface area (Å²) in [6.07, 6.45) is 3.51. The highest BCUT2D eigenvalue weighted by molar-refractivity contribution is 6.32. The topological polar surface area (TPSA) is 53.1 Å². The minimum absolute atomic E-state index is 0.348. The smallest absolute Gasteiger partial charge is 0.140 e. The van der Waals surface area contributed by atoms with Gasteiger partial charge in [-0.3, -0.25) is 0 Å². The molecular formula is C8H12ClN3O. The van der Waals surface area contributed by atoms with Gasteiger partial charge in [0.1, 0.15) is 10.8 Å². The minimum atomic E-state index is 0.348. The number of nitrogen functional groups attached to an aromatic ring is 1. The van der Waals surface area contributed by atoms with Crippen molar-refractivity contribution in [3.8, 4) is 0 Å². The van der Waals surface area contributed by atoms with Gasteiger partial charge in [-0.1, -0.05) is 11.6 Å². The van der Waals surface area contributed by atoms with E-state index in [1.807, 2.05) is 0 Å². The Morgan fingerprint density at radius 2 is 2.23 bits per heavy atom. The van der Waals surface area contributed by atoms with Crippen LogP contribution < -0.4 is 5.73 Å². The van der Waals surface area contributed by atoms with Crippen molar-refractivity contribution in [3.05, 3.63) is 11.2 Å². The molecule has 0 amide bonds. The molecule has 2 rings (SSSR count). The van der Waals surface area contributed by atoms with Crippen molar-refractivity contribution < 1.29 is 4.74 Å². The van der Waals surface area contributed by atoms with Gasteiger partial charge in [0, 0.05) is 13.2 Å². The largest absolute Gasteiger partial charge is 0.383 e. The minimum Gasteiger partial charge on any atom is -0.383 e. The van der Waals surface area contributed by atoms with Crippen LogP contribution >= 0.6 is 11.6 Å². The van der Waals surface area contributed by atoms with E-state index in [9.17, 15) is 0 Å². The summed E-state index contributed by atoms with van der Waals surface area (Å²) in [5.41, 5.74) is 5.76. The van der Waals surface area contributed by atoms with E-state index in [4.69, 9.17) is 22.1 Å². The van der Waals surface area contributed by atoms with Crippen LogP contribution in [-0.2, 0) is 4.74 Å². The molecule has 1 aromatic rings. The van der Waals surface area contributed by atoms with Gasteiger partial charge in [-0.15, -0.1) is 0 Å². The van der Waals surface area contributed by atoms with Crippen molar-refractivity contribution in [1.29, 1.82) is 0 Å². The predicted octanol–water partition coefficient (Wildman–Crippen LogP) is 1.47. The number of hydrogen-bond donors (Lipinski definition) is 1. The van der Waals surface area contributed by atoms with E-state index in [0.717, 1.165) is 26.1 Å². The lowest BCUT2D eigenvalue weighted by molar-refractivity contribution is 0.0669. The summed E-state index contributed by atoms with van der Waals surface area (Å²) in [6, 6.07) is 0.348. The molecule has 1 fully saturated rings. The molecule has 4 nitrogen and oxygen atoms in total. The Morgan fingerprint density at radius 3 is 2.77 bits per heavy atom. The number of nitrogens with zero attached hydrogens (tertiary/aromatic N) is 2. The first-order chi connectivity index (χ1) is 6.29. The van der Waals surface area contributed by atoms with E-state index in [-0.39, 0.29) is 0 Å². The molecule has 0 atom stereocenters. The predicted molar refractivity (Wildman–Crippen MR) is 50.7 cm³/mol. The van der Waals surface area contributed by atoms with Gasteiger partial charge < -0.3 is 10.5 Å². The fourth-order valence-electron chi connectivity index (χ4n) is 1.57. The van der Waals surface area contributed by atoms with E-state index in [1.165, 1.54) is 0 Å². The van der Waals surface area contributed by atoms with Crippen molar-refractivity contribution >= 4 is 17.4 Å². The molecule has 2 heterocycles. The van der Waals surface area contributed by atoms with Gasteiger partial charge in [0.2, 0.25) is 0 Å². The zero-order valence-corrected chi connectivity index (χ0v) is 8.00. The first-order valence-electron chi connectivity index (χ1n) is 4.35. The maximum Gasteiger partial charge on any atom is 0.140 e. The fraction of sp³-hybridized carbons (Fsp3) is 0.625. The second-order valence-electron chi connectivity index (χ2n) is 3.17. The van der Waals surface area contributed by atoms with Crippen LogP contribution in [0.3, 0.4) is 0 Å². The highest BCUT2D eigenvalue weighted by atomic mass is 35.5. The monoisotopic (exact) mass is 201 g/mol. The lowest BCUT2D eigenvalue weighted by Crippen LogP contribution is -2.21. The molecule has 0 unspecified atom stereocenters. The van der Waals surface area contributed by atoms with E-state index in [2.05, 4.69) is 5.10 Å². The number of nitrogens with two attached hydrogens (primary N) is 1. The van der Waals surface area contributed by atoms with Gasteiger partial charge in [0.05, 0.1) is 12.2 Å². The summed E-state index contributed by atoms with van der Waals surface area (Å²) in [5.74, 6) is 0.563. The van der Waals surface area contributed by atoms with E-state index >= 15 is 0 Å². The van der Waals surface area contributed by atoms with E-state index < -0.39 is 0 Å². The number of ether oxygens (including phenoxy) is 1. The maximum absolute atomic E-state index is 5.81. The van der Waals surface area contributed by atoms with Crippen molar-refractivity contribution in [2.75, 3.05) is 18.9 Å². The van der Waals surface area contributed by atoms with Crippen LogP contribution in [0.2, 0.25) is 5.02 Å². The normalized spacial score (nSPS) is 19.2. The highest BCUT2D eigenvalue weighted by Gasteiger charge is 2.19. The molecule has 13 heavy (non-hydrogen) atoms. The fourth-order valence-corrected chi connectivity index (χ4v) is 1.70. The molecule has 1 aromatic heterocycles. The molecule has 72 valence electrons. The lowest BCUT2D eigenvalue weighted by atomic mass is 10.1. The number of hydrogen-bond acceptors (Lipinski definition) is 3. The summed E-state index contributed by atoms with van der Waals surface area (Å²) in [5, 5.41) is 4.68. The molecule has 0 saturated carbocycles. The molecule has 0 aromatic carbocycles. The van der Waals surface area contributed by atoms with Crippen LogP contribution in [0.1, 0.15) is 18.9 Å². The first-order valence-corrected chi connectivity index (χ1v) is 4.73. The van der Waals surface area contributed by atoms with Crippen molar-refractivity contribution in [2.45, 2.75) is 18.9 Å². The van der Waals surface area contributed by atoms with Crippen molar-refractivity contribution in [1.82, 2.24) is 9.78 Å². The number of rotatable bonds is 1. The molecular weight excluding hydrogens is 190 g/mol. The van der Waals surface area contributed by atoms with Gasteiger partial charge >= 0.3 is 0 Å². The van der Waals surface area contributed by atoms with Crippen molar-refractivity contribution in [3.63, 3.8) is 0 Å². The van der Waals surface area contributed by atoms with Crippen LogP contribution in [0.4, 0.5) is 5.82 Å². The zero-order valence-electron chi connectivity index (χ0n) is 7.24.